The number of ether oxygens (including phenoxy) is 1. The van der Waals surface area contributed by atoms with Crippen LogP contribution in [0.1, 0.15) is 68.2 Å². The zero-order valence-electron chi connectivity index (χ0n) is 40.1. The summed E-state index contributed by atoms with van der Waals surface area (Å²) in [7, 11) is 0. The molecule has 1 fully saturated rings. The number of carboxylic acid groups (broad SMARTS) is 1. The normalized spacial score (nSPS) is 14.3. The van der Waals surface area contributed by atoms with Crippen LogP contribution >= 0.6 is 0 Å². The number of amides is 2. The van der Waals surface area contributed by atoms with Gasteiger partial charge in [-0.3, -0.25) is 19.3 Å². The number of phenolic OH excluding ortho intramolecular Hbond substituents is 1. The van der Waals surface area contributed by atoms with Crippen molar-refractivity contribution < 1.29 is 39.5 Å². The van der Waals surface area contributed by atoms with Crippen LogP contribution in [0.25, 0.3) is 10.9 Å². The number of aromatic hydroxyl groups is 1. The third-order valence-electron chi connectivity index (χ3n) is 13.4. The Morgan fingerprint density at radius 1 is 0.792 bits per heavy atom. The van der Waals surface area contributed by atoms with E-state index in [0.717, 1.165) is 49.2 Å². The number of carbonyl (C=O) groups excluding carboxylic acids is 2. The van der Waals surface area contributed by atoms with E-state index in [1.165, 1.54) is 23.8 Å². The van der Waals surface area contributed by atoms with Gasteiger partial charge in [0.15, 0.2) is 6.61 Å². The molecule has 2 heterocycles. The Morgan fingerprint density at radius 3 is 2.24 bits per heavy atom. The maximum atomic E-state index is 13.9. The summed E-state index contributed by atoms with van der Waals surface area (Å²) < 4.78 is 6.02. The number of piperidine rings is 1. The second kappa shape index (κ2) is 24.0. The molecular weight excluding hydrogens is 911 g/mol. The second-order valence-corrected chi connectivity index (χ2v) is 18.4. The highest BCUT2D eigenvalue weighted by atomic mass is 16.5. The van der Waals surface area contributed by atoms with E-state index in [1.54, 1.807) is 59.5 Å². The molecule has 0 aliphatic carbocycles. The lowest BCUT2D eigenvalue weighted by atomic mass is 9.80. The number of carboxylic acids is 1. The average molecular weight is 972 g/mol. The summed E-state index contributed by atoms with van der Waals surface area (Å²) in [6, 6.07) is 46.5. The molecule has 0 saturated carbocycles. The van der Waals surface area contributed by atoms with Gasteiger partial charge in [0.25, 0.3) is 11.8 Å². The molecule has 1 aliphatic heterocycles. The number of hydrogen-bond donors (Lipinski definition) is 7. The Balaban J connectivity index is 0.840. The highest BCUT2D eigenvalue weighted by molar-refractivity contribution is 5.94. The standard InChI is InChI=1S/C58H61N5O9/c64-51-24-22-48(49-23-25-53(66)61-55(49)51)52(65)36-59-29-26-40-18-20-44(21-19-40)56(68)60-30-33-63(38-43-12-5-2-6-13-43)54(67)39-72-47-16-9-15-46(35-47)58(71,57(69)70)50-17-8-7-14-45(50)34-41-27-31-62(32-28-41)37-42-10-3-1-4-11-42/h1-25,35,41,52,59,64-65,71H,26-34,36-39H2,(H,60,68)(H,61,66)(H,69,70)/t52-,58-/m0/s1. The molecule has 0 radical (unpaired) electrons. The smallest absolute Gasteiger partial charge is 0.345 e. The van der Waals surface area contributed by atoms with E-state index in [1.807, 2.05) is 60.7 Å². The zero-order chi connectivity index (χ0) is 50.5. The van der Waals surface area contributed by atoms with E-state index < -0.39 is 17.7 Å². The lowest BCUT2D eigenvalue weighted by Gasteiger charge is -2.33. The van der Waals surface area contributed by atoms with Crippen LogP contribution in [0, 0.1) is 5.92 Å². The molecule has 0 spiro atoms. The number of likely N-dealkylation sites (tertiary alicyclic amines) is 1. The minimum Gasteiger partial charge on any atom is -0.506 e. The molecule has 372 valence electrons. The summed E-state index contributed by atoms with van der Waals surface area (Å²) in [6.07, 6.45) is 2.29. The number of benzene rings is 6. The van der Waals surface area contributed by atoms with E-state index in [4.69, 9.17) is 4.74 Å². The Morgan fingerprint density at radius 2 is 1.50 bits per heavy atom. The summed E-state index contributed by atoms with van der Waals surface area (Å²) in [5.74, 6) is -1.61. The number of fused-ring (bicyclic) bond motifs is 1. The van der Waals surface area contributed by atoms with Crippen LogP contribution in [0.3, 0.4) is 0 Å². The van der Waals surface area contributed by atoms with Gasteiger partial charge in [0.05, 0.1) is 11.6 Å². The molecule has 0 unspecified atom stereocenters. The number of carbonyl (C=O) groups is 3. The van der Waals surface area contributed by atoms with Crippen LogP contribution < -0.4 is 20.9 Å². The maximum absolute atomic E-state index is 13.9. The van der Waals surface area contributed by atoms with Crippen molar-refractivity contribution in [1.82, 2.24) is 25.4 Å². The fraction of sp³-hybridized carbons (Fsp3) is 0.276. The van der Waals surface area contributed by atoms with Crippen molar-refractivity contribution in [1.29, 1.82) is 0 Å². The number of rotatable bonds is 22. The number of aliphatic hydroxyl groups is 2. The summed E-state index contributed by atoms with van der Waals surface area (Å²) >= 11 is 0. The topological polar surface area (TPSA) is 205 Å². The van der Waals surface area contributed by atoms with Crippen molar-refractivity contribution in [3.8, 4) is 11.5 Å². The van der Waals surface area contributed by atoms with Crippen LogP contribution in [0.15, 0.2) is 163 Å². The number of aromatic nitrogens is 1. The molecule has 2 atom stereocenters. The van der Waals surface area contributed by atoms with Crippen molar-refractivity contribution in [2.75, 3.05) is 45.9 Å². The SMILES string of the molecule is O=C(NCCN(Cc1ccccc1)C(=O)COc1cccc([C@@](O)(C(=O)O)c2ccccc2CC2CCN(Cc3ccccc3)CC2)c1)c1ccc(CCNC[C@H](O)c2ccc(O)c3[nH]c(=O)ccc23)cc1. The van der Waals surface area contributed by atoms with Crippen LogP contribution in [0.5, 0.6) is 11.5 Å². The number of aliphatic hydroxyl groups excluding tert-OH is 1. The van der Waals surface area contributed by atoms with Crippen LogP contribution in [-0.4, -0.2) is 98.9 Å². The van der Waals surface area contributed by atoms with Crippen LogP contribution in [-0.2, 0) is 41.1 Å². The Bertz CT molecular complexity index is 3000. The molecule has 7 aromatic rings. The minimum atomic E-state index is -2.38. The predicted molar refractivity (Wildman–Crippen MR) is 276 cm³/mol. The lowest BCUT2D eigenvalue weighted by molar-refractivity contribution is -0.155. The van der Waals surface area contributed by atoms with Gasteiger partial charge in [0.1, 0.15) is 11.5 Å². The Kier molecular flexibility index (Phi) is 16.9. The molecule has 0 bridgehead atoms. The number of hydrogen-bond acceptors (Lipinski definition) is 10. The van der Waals surface area contributed by atoms with Gasteiger partial charge in [-0.2, -0.15) is 0 Å². The van der Waals surface area contributed by atoms with Gasteiger partial charge in [0.2, 0.25) is 11.2 Å². The van der Waals surface area contributed by atoms with Gasteiger partial charge in [-0.1, -0.05) is 115 Å². The summed E-state index contributed by atoms with van der Waals surface area (Å²) in [4.78, 5) is 58.6. The average Bonchev–Trinajstić information content (AvgIpc) is 3.40. The van der Waals surface area contributed by atoms with E-state index in [0.29, 0.717) is 47.4 Å². The zero-order valence-corrected chi connectivity index (χ0v) is 40.1. The molecule has 1 aromatic heterocycles. The summed E-state index contributed by atoms with van der Waals surface area (Å²) in [6.45, 7) is 3.76. The first-order valence-electron chi connectivity index (χ1n) is 24.4. The first-order chi connectivity index (χ1) is 34.9. The van der Waals surface area contributed by atoms with E-state index in [-0.39, 0.29) is 72.7 Å². The van der Waals surface area contributed by atoms with Crippen molar-refractivity contribution in [3.63, 3.8) is 0 Å². The lowest BCUT2D eigenvalue weighted by Crippen LogP contribution is -2.40. The first kappa shape index (κ1) is 50.8. The number of aliphatic carboxylic acids is 1. The molecule has 1 saturated heterocycles. The molecule has 14 heteroatoms. The number of pyridine rings is 1. The first-order valence-corrected chi connectivity index (χ1v) is 24.4. The van der Waals surface area contributed by atoms with Gasteiger partial charge < -0.3 is 45.7 Å². The van der Waals surface area contributed by atoms with Crippen molar-refractivity contribution in [3.05, 3.63) is 213 Å². The van der Waals surface area contributed by atoms with Crippen molar-refractivity contribution in [2.45, 2.75) is 50.5 Å². The molecule has 8 rings (SSSR count). The largest absolute Gasteiger partial charge is 0.506 e. The molecule has 72 heavy (non-hydrogen) atoms. The van der Waals surface area contributed by atoms with Gasteiger partial charge in [-0.25, -0.2) is 4.79 Å². The minimum absolute atomic E-state index is 0.0726. The Hall–Kier alpha value is -7.62. The molecule has 1 aliphatic rings. The third kappa shape index (κ3) is 12.8. The number of aromatic amines is 1. The number of H-pyrrole nitrogens is 1. The van der Waals surface area contributed by atoms with Crippen LogP contribution in [0.4, 0.5) is 0 Å². The van der Waals surface area contributed by atoms with E-state index in [2.05, 4.69) is 44.8 Å². The van der Waals surface area contributed by atoms with Gasteiger partial charge in [-0.15, -0.1) is 0 Å². The molecular formula is C58H61N5O9. The number of nitrogens with zero attached hydrogens (tertiary/aromatic N) is 2. The van der Waals surface area contributed by atoms with Gasteiger partial charge >= 0.3 is 5.97 Å². The second-order valence-electron chi connectivity index (χ2n) is 18.4. The molecule has 6 aromatic carbocycles. The fourth-order valence-electron chi connectivity index (χ4n) is 9.45. The number of phenols is 1. The highest BCUT2D eigenvalue weighted by Gasteiger charge is 2.42. The maximum Gasteiger partial charge on any atom is 0.345 e. The molecule has 2 amide bonds. The molecule has 7 N–H and O–H groups in total. The van der Waals surface area contributed by atoms with E-state index >= 15 is 0 Å². The van der Waals surface area contributed by atoms with E-state index in [9.17, 15) is 39.6 Å². The Labute approximate surface area is 418 Å². The molecule has 14 nitrogen and oxygen atoms in total. The van der Waals surface area contributed by atoms with Crippen molar-refractivity contribution in [2.24, 2.45) is 5.92 Å². The quantitative estimate of drug-likeness (QED) is 0.0356. The van der Waals surface area contributed by atoms with Gasteiger partial charge in [-0.05, 0) is 115 Å². The van der Waals surface area contributed by atoms with Gasteiger partial charge in [0, 0.05) is 60.9 Å². The van der Waals surface area contributed by atoms with Crippen molar-refractivity contribution >= 4 is 28.7 Å². The highest BCUT2D eigenvalue weighted by Crippen LogP contribution is 2.36. The third-order valence-corrected chi connectivity index (χ3v) is 13.4. The van der Waals surface area contributed by atoms with Crippen LogP contribution in [0.2, 0.25) is 0 Å². The summed E-state index contributed by atoms with van der Waals surface area (Å²) in [5.41, 5.74) is 2.88. The number of nitrogens with one attached hydrogen (secondary N) is 3. The predicted octanol–water partition coefficient (Wildman–Crippen LogP) is 6.71. The monoisotopic (exact) mass is 971 g/mol. The summed E-state index contributed by atoms with van der Waals surface area (Å²) in [5, 5.41) is 50.6. The fourth-order valence-corrected chi connectivity index (χ4v) is 9.45.